The van der Waals surface area contributed by atoms with Crippen molar-refractivity contribution in [2.75, 3.05) is 18.5 Å². The number of benzene rings is 1. The Bertz CT molecular complexity index is 892. The number of amides is 1. The van der Waals surface area contributed by atoms with Crippen LogP contribution in [0.3, 0.4) is 0 Å². The van der Waals surface area contributed by atoms with Crippen molar-refractivity contribution in [2.24, 2.45) is 11.8 Å². The topological polar surface area (TPSA) is 52.2 Å². The monoisotopic (exact) mass is 364 g/mol. The number of alkyl halides is 3. The normalized spacial score (nSPS) is 31.2. The fraction of sp³-hybridized carbons (Fsp3) is 0.556. The summed E-state index contributed by atoms with van der Waals surface area (Å²) in [5, 5.41) is 7.33. The number of rotatable bonds is 1. The smallest absolute Gasteiger partial charge is 0.366 e. The fourth-order valence-corrected chi connectivity index (χ4v) is 5.25. The highest BCUT2D eigenvalue weighted by Gasteiger charge is 2.52. The van der Waals surface area contributed by atoms with Crippen LogP contribution in [0.2, 0.25) is 0 Å². The standard InChI is InChI=1S/C18H19F3N4O/c1-24-14-3-2-11(17(24)26)9-4-16(14)25(8-9)15-6-10(18(19,20)21)5-13-12(15)7-22-23-13/h5-7,9,11,14,16H,2-4,8H2,1H3,(H,22,23)/t9-,11?,14-,16?/m0/s1. The summed E-state index contributed by atoms with van der Waals surface area (Å²) < 4.78 is 40.1. The number of halogens is 3. The maximum absolute atomic E-state index is 13.4. The van der Waals surface area contributed by atoms with E-state index in [2.05, 4.69) is 15.1 Å². The molecule has 4 heterocycles. The zero-order valence-electron chi connectivity index (χ0n) is 14.3. The van der Waals surface area contributed by atoms with E-state index in [9.17, 15) is 18.0 Å². The molecule has 4 atom stereocenters. The van der Waals surface area contributed by atoms with Crippen molar-refractivity contribution in [3.05, 3.63) is 23.9 Å². The third kappa shape index (κ3) is 2.10. The molecule has 0 radical (unpaired) electrons. The molecule has 2 aromatic rings. The summed E-state index contributed by atoms with van der Waals surface area (Å²) in [7, 11) is 1.83. The zero-order valence-corrected chi connectivity index (χ0v) is 14.3. The average Bonchev–Trinajstić information content (AvgIpc) is 3.15. The number of likely N-dealkylation sites (N-methyl/N-ethyl adjacent to an activating group) is 1. The van der Waals surface area contributed by atoms with Gasteiger partial charge in [0.15, 0.2) is 0 Å². The van der Waals surface area contributed by atoms with E-state index < -0.39 is 11.7 Å². The second kappa shape index (κ2) is 5.14. The molecular weight excluding hydrogens is 345 g/mol. The molecule has 26 heavy (non-hydrogen) atoms. The van der Waals surface area contributed by atoms with Gasteiger partial charge in [0.2, 0.25) is 5.91 Å². The summed E-state index contributed by atoms with van der Waals surface area (Å²) in [6.45, 7) is 0.632. The molecule has 1 aromatic heterocycles. The van der Waals surface area contributed by atoms with Crippen LogP contribution in [0, 0.1) is 11.8 Å². The predicted molar refractivity (Wildman–Crippen MR) is 89.6 cm³/mol. The molecule has 8 heteroatoms. The molecule has 4 fully saturated rings. The Morgan fingerprint density at radius 3 is 2.81 bits per heavy atom. The first-order valence-electron chi connectivity index (χ1n) is 8.92. The highest BCUT2D eigenvalue weighted by atomic mass is 19.4. The first-order valence-corrected chi connectivity index (χ1v) is 8.92. The van der Waals surface area contributed by atoms with E-state index in [4.69, 9.17) is 0 Å². The van der Waals surface area contributed by atoms with Gasteiger partial charge >= 0.3 is 6.18 Å². The zero-order chi connectivity index (χ0) is 18.2. The Morgan fingerprint density at radius 1 is 1.23 bits per heavy atom. The molecule has 1 aliphatic carbocycles. The Labute approximate surface area is 148 Å². The van der Waals surface area contributed by atoms with Gasteiger partial charge in [-0.1, -0.05) is 0 Å². The van der Waals surface area contributed by atoms with Crippen LogP contribution < -0.4 is 4.90 Å². The third-order valence-corrected chi connectivity index (χ3v) is 6.50. The number of hydrogen-bond donors (Lipinski definition) is 1. The number of hydrogen-bond acceptors (Lipinski definition) is 3. The van der Waals surface area contributed by atoms with Crippen molar-refractivity contribution in [3.63, 3.8) is 0 Å². The quantitative estimate of drug-likeness (QED) is 0.846. The highest BCUT2D eigenvalue weighted by Crippen LogP contribution is 2.47. The number of carbonyl (C=O) groups excluding carboxylic acids is 1. The predicted octanol–water partition coefficient (Wildman–Crippen LogP) is 3.03. The van der Waals surface area contributed by atoms with Gasteiger partial charge in [0.05, 0.1) is 23.3 Å². The van der Waals surface area contributed by atoms with E-state index in [1.807, 2.05) is 11.9 Å². The lowest BCUT2D eigenvalue weighted by Crippen LogP contribution is -2.55. The van der Waals surface area contributed by atoms with Crippen LogP contribution in [0.1, 0.15) is 24.8 Å². The fourth-order valence-electron chi connectivity index (χ4n) is 5.25. The summed E-state index contributed by atoms with van der Waals surface area (Å²) in [4.78, 5) is 16.5. The Hall–Kier alpha value is -2.25. The number of carbonyl (C=O) groups is 1. The molecule has 1 N–H and O–H groups in total. The lowest BCUT2D eigenvalue weighted by molar-refractivity contribution is -0.141. The summed E-state index contributed by atoms with van der Waals surface area (Å²) in [5.74, 6) is 0.404. The number of aromatic nitrogens is 2. The molecule has 4 aliphatic rings. The largest absolute Gasteiger partial charge is 0.416 e. The summed E-state index contributed by atoms with van der Waals surface area (Å²) in [5.41, 5.74) is 0.297. The molecular formula is C18H19F3N4O. The van der Waals surface area contributed by atoms with Crippen molar-refractivity contribution >= 4 is 22.5 Å². The first kappa shape index (κ1) is 16.0. The van der Waals surface area contributed by atoms with Crippen LogP contribution in [0.15, 0.2) is 18.3 Å². The molecule has 3 aliphatic heterocycles. The van der Waals surface area contributed by atoms with E-state index in [0.29, 0.717) is 23.1 Å². The maximum atomic E-state index is 13.4. The lowest BCUT2D eigenvalue weighted by atomic mass is 9.85. The number of piperidine rings is 1. The number of nitrogens with one attached hydrogen (secondary N) is 1. The van der Waals surface area contributed by atoms with Crippen molar-refractivity contribution in [1.29, 1.82) is 0 Å². The maximum Gasteiger partial charge on any atom is 0.416 e. The lowest BCUT2D eigenvalue weighted by Gasteiger charge is -2.44. The second-order valence-electron chi connectivity index (χ2n) is 7.74. The minimum Gasteiger partial charge on any atom is -0.366 e. The van der Waals surface area contributed by atoms with Gasteiger partial charge in [-0.2, -0.15) is 18.3 Å². The van der Waals surface area contributed by atoms with Crippen molar-refractivity contribution < 1.29 is 18.0 Å². The van der Waals surface area contributed by atoms with Crippen LogP contribution in [-0.4, -0.2) is 46.7 Å². The van der Waals surface area contributed by atoms with Gasteiger partial charge in [-0.3, -0.25) is 9.89 Å². The van der Waals surface area contributed by atoms with E-state index >= 15 is 0 Å². The van der Waals surface area contributed by atoms with E-state index in [1.165, 1.54) is 6.07 Å². The van der Waals surface area contributed by atoms with Crippen molar-refractivity contribution in [2.45, 2.75) is 37.5 Å². The summed E-state index contributed by atoms with van der Waals surface area (Å²) >= 11 is 0. The molecule has 0 spiro atoms. The third-order valence-electron chi connectivity index (χ3n) is 6.50. The molecule has 1 amide bonds. The number of nitrogens with zero attached hydrogens (tertiary/aromatic N) is 3. The minimum atomic E-state index is -4.41. The molecule has 1 aromatic carbocycles. The van der Waals surface area contributed by atoms with E-state index in [0.717, 1.165) is 25.3 Å². The van der Waals surface area contributed by atoms with Gasteiger partial charge < -0.3 is 9.80 Å². The van der Waals surface area contributed by atoms with E-state index in [1.54, 1.807) is 6.20 Å². The first-order chi connectivity index (χ1) is 12.3. The minimum absolute atomic E-state index is 0.00288. The number of aromatic amines is 1. The molecule has 3 saturated heterocycles. The van der Waals surface area contributed by atoms with E-state index in [-0.39, 0.29) is 29.8 Å². The van der Waals surface area contributed by atoms with Crippen LogP contribution in [-0.2, 0) is 11.0 Å². The molecule has 2 unspecified atom stereocenters. The van der Waals surface area contributed by atoms with Gasteiger partial charge in [-0.15, -0.1) is 0 Å². The van der Waals surface area contributed by atoms with Crippen LogP contribution in [0.5, 0.6) is 0 Å². The number of H-pyrrole nitrogens is 1. The number of anilines is 1. The second-order valence-corrected chi connectivity index (χ2v) is 7.74. The highest BCUT2D eigenvalue weighted by molar-refractivity contribution is 5.93. The summed E-state index contributed by atoms with van der Waals surface area (Å²) in [6, 6.07) is 2.47. The Balaban J connectivity index is 1.63. The van der Waals surface area contributed by atoms with Gasteiger partial charge in [0.1, 0.15) is 0 Å². The Kier molecular flexibility index (Phi) is 3.16. The average molecular weight is 364 g/mol. The molecule has 1 saturated carbocycles. The van der Waals surface area contributed by atoms with Gasteiger partial charge in [0, 0.05) is 36.6 Å². The SMILES string of the molecule is CN1C(=O)C2CC[C@H]1C1C[C@H]2CN1c1cc(C(F)(F)F)cc2[nH]ncc12. The van der Waals surface area contributed by atoms with Crippen LogP contribution in [0.4, 0.5) is 18.9 Å². The van der Waals surface area contributed by atoms with Crippen molar-refractivity contribution in [3.8, 4) is 0 Å². The number of fused-ring (bicyclic) bond motifs is 3. The molecule has 138 valence electrons. The molecule has 4 bridgehead atoms. The van der Waals surface area contributed by atoms with Gasteiger partial charge in [-0.25, -0.2) is 0 Å². The van der Waals surface area contributed by atoms with Crippen LogP contribution in [0.25, 0.3) is 10.9 Å². The Morgan fingerprint density at radius 2 is 2.04 bits per heavy atom. The van der Waals surface area contributed by atoms with Crippen LogP contribution >= 0.6 is 0 Å². The van der Waals surface area contributed by atoms with Gasteiger partial charge in [0.25, 0.3) is 0 Å². The molecule has 5 nitrogen and oxygen atoms in total. The summed E-state index contributed by atoms with van der Waals surface area (Å²) in [6.07, 6.45) is -0.148. The molecule has 6 rings (SSSR count). The van der Waals surface area contributed by atoms with Gasteiger partial charge in [-0.05, 0) is 37.3 Å². The van der Waals surface area contributed by atoms with Crippen molar-refractivity contribution in [1.82, 2.24) is 15.1 Å².